The molecule has 0 atom stereocenters. The van der Waals surface area contributed by atoms with Crippen LogP contribution in [0.25, 0.3) is 0 Å². The second kappa shape index (κ2) is 2.66. The largest absolute Gasteiger partial charge is 0.161 e. The van der Waals surface area contributed by atoms with Crippen molar-refractivity contribution in [1.29, 1.82) is 0 Å². The topological polar surface area (TPSA) is 0 Å². The zero-order valence-electron chi connectivity index (χ0n) is 7.96. The third kappa shape index (κ3) is 0.942. The van der Waals surface area contributed by atoms with Crippen LogP contribution in [0.2, 0.25) is 0 Å². The molecule has 2 aliphatic carbocycles. The SMILES string of the molecule is C1=CCC23CC=CCC2(C1)CSC3. The van der Waals surface area contributed by atoms with Crippen LogP contribution in [-0.2, 0) is 0 Å². The maximum Gasteiger partial charge on any atom is 0.000120 e. The summed E-state index contributed by atoms with van der Waals surface area (Å²) in [6.45, 7) is 0. The van der Waals surface area contributed by atoms with E-state index in [1.54, 1.807) is 0 Å². The standard InChI is InChI=1S/C12H16S/c1-2-6-12-8-4-3-7-11(12,5-1)9-13-10-12/h1-4H,5-10H2. The van der Waals surface area contributed by atoms with Gasteiger partial charge >= 0.3 is 0 Å². The highest BCUT2D eigenvalue weighted by Gasteiger charge is 2.54. The van der Waals surface area contributed by atoms with Crippen molar-refractivity contribution in [2.45, 2.75) is 25.7 Å². The van der Waals surface area contributed by atoms with Crippen molar-refractivity contribution in [1.82, 2.24) is 0 Å². The van der Waals surface area contributed by atoms with E-state index in [9.17, 15) is 0 Å². The Morgan fingerprint density at radius 2 is 1.08 bits per heavy atom. The molecule has 70 valence electrons. The normalized spacial score (nSPS) is 47.4. The molecule has 0 aromatic heterocycles. The van der Waals surface area contributed by atoms with Crippen LogP contribution >= 0.6 is 11.8 Å². The quantitative estimate of drug-likeness (QED) is 0.530. The lowest BCUT2D eigenvalue weighted by Crippen LogP contribution is -2.43. The fourth-order valence-electron chi connectivity index (χ4n) is 3.25. The summed E-state index contributed by atoms with van der Waals surface area (Å²) < 4.78 is 0. The van der Waals surface area contributed by atoms with Crippen molar-refractivity contribution in [2.75, 3.05) is 11.5 Å². The van der Waals surface area contributed by atoms with Crippen molar-refractivity contribution in [3.05, 3.63) is 24.3 Å². The van der Waals surface area contributed by atoms with Crippen molar-refractivity contribution in [3.8, 4) is 0 Å². The molecule has 0 bridgehead atoms. The molecule has 1 heterocycles. The van der Waals surface area contributed by atoms with Crippen LogP contribution in [0.15, 0.2) is 24.3 Å². The Morgan fingerprint density at radius 3 is 1.46 bits per heavy atom. The Balaban J connectivity index is 2.07. The molecule has 13 heavy (non-hydrogen) atoms. The van der Waals surface area contributed by atoms with E-state index in [1.807, 2.05) is 0 Å². The molecule has 0 saturated carbocycles. The zero-order valence-corrected chi connectivity index (χ0v) is 8.78. The molecule has 3 aliphatic rings. The molecule has 0 N–H and O–H groups in total. The molecule has 1 saturated heterocycles. The van der Waals surface area contributed by atoms with Crippen molar-refractivity contribution in [2.24, 2.45) is 10.8 Å². The van der Waals surface area contributed by atoms with E-state index in [2.05, 4.69) is 36.1 Å². The lowest BCUT2D eigenvalue weighted by atomic mass is 9.55. The molecule has 3 rings (SSSR count). The Morgan fingerprint density at radius 1 is 0.692 bits per heavy atom. The maximum atomic E-state index is 2.42. The minimum absolute atomic E-state index is 0.654. The van der Waals surface area contributed by atoms with Gasteiger partial charge in [-0.05, 0) is 36.5 Å². The Bertz CT molecular complexity index is 231. The first-order valence-electron chi connectivity index (χ1n) is 5.25. The number of allylic oxidation sites excluding steroid dienone is 4. The number of rotatable bonds is 0. The Hall–Kier alpha value is -0.170. The van der Waals surface area contributed by atoms with Gasteiger partial charge in [0, 0.05) is 11.5 Å². The lowest BCUT2D eigenvalue weighted by molar-refractivity contribution is 0.0851. The second-order valence-electron chi connectivity index (χ2n) is 4.81. The monoisotopic (exact) mass is 192 g/mol. The van der Waals surface area contributed by atoms with Crippen LogP contribution in [0.3, 0.4) is 0 Å². The summed E-state index contributed by atoms with van der Waals surface area (Å²) >= 11 is 2.19. The molecule has 1 aliphatic heterocycles. The van der Waals surface area contributed by atoms with E-state index in [4.69, 9.17) is 0 Å². The predicted molar refractivity (Wildman–Crippen MR) is 58.9 cm³/mol. The minimum atomic E-state index is 0.654. The van der Waals surface area contributed by atoms with E-state index in [1.165, 1.54) is 37.2 Å². The second-order valence-corrected chi connectivity index (χ2v) is 5.80. The first-order valence-corrected chi connectivity index (χ1v) is 6.40. The molecule has 0 unspecified atom stereocenters. The average Bonchev–Trinajstić information content (AvgIpc) is 2.56. The molecular formula is C12H16S. The van der Waals surface area contributed by atoms with E-state index in [0.717, 1.165) is 0 Å². The molecule has 0 aromatic rings. The molecule has 1 fully saturated rings. The Kier molecular flexibility index (Phi) is 1.67. The van der Waals surface area contributed by atoms with Gasteiger partial charge in [0.15, 0.2) is 0 Å². The van der Waals surface area contributed by atoms with Crippen LogP contribution < -0.4 is 0 Å². The van der Waals surface area contributed by atoms with E-state index < -0.39 is 0 Å². The van der Waals surface area contributed by atoms with Crippen molar-refractivity contribution < 1.29 is 0 Å². The van der Waals surface area contributed by atoms with Crippen LogP contribution in [-0.4, -0.2) is 11.5 Å². The molecule has 0 nitrogen and oxygen atoms in total. The number of hydrogen-bond acceptors (Lipinski definition) is 1. The van der Waals surface area contributed by atoms with Gasteiger partial charge in [-0.25, -0.2) is 0 Å². The Labute approximate surface area is 84.5 Å². The van der Waals surface area contributed by atoms with Gasteiger partial charge in [-0.2, -0.15) is 11.8 Å². The first kappa shape index (κ1) is 8.16. The zero-order chi connectivity index (χ0) is 8.78. The van der Waals surface area contributed by atoms with Crippen LogP contribution in [0, 0.1) is 10.8 Å². The van der Waals surface area contributed by atoms with Crippen LogP contribution in [0.1, 0.15) is 25.7 Å². The minimum Gasteiger partial charge on any atom is -0.161 e. The fraction of sp³-hybridized carbons (Fsp3) is 0.667. The van der Waals surface area contributed by atoms with Gasteiger partial charge in [0.25, 0.3) is 0 Å². The van der Waals surface area contributed by atoms with Gasteiger partial charge in [-0.1, -0.05) is 24.3 Å². The van der Waals surface area contributed by atoms with Crippen molar-refractivity contribution >= 4 is 11.8 Å². The molecule has 0 amide bonds. The number of hydrogen-bond donors (Lipinski definition) is 0. The maximum absolute atomic E-state index is 2.42. The van der Waals surface area contributed by atoms with Crippen LogP contribution in [0.4, 0.5) is 0 Å². The highest BCUT2D eigenvalue weighted by molar-refractivity contribution is 7.99. The van der Waals surface area contributed by atoms with Gasteiger partial charge in [0.05, 0.1) is 0 Å². The summed E-state index contributed by atoms with van der Waals surface area (Å²) in [6.07, 6.45) is 15.0. The van der Waals surface area contributed by atoms with Gasteiger partial charge in [0.1, 0.15) is 0 Å². The lowest BCUT2D eigenvalue weighted by Gasteiger charge is -2.48. The van der Waals surface area contributed by atoms with Gasteiger partial charge in [0.2, 0.25) is 0 Å². The summed E-state index contributed by atoms with van der Waals surface area (Å²) in [4.78, 5) is 0. The summed E-state index contributed by atoms with van der Waals surface area (Å²) in [6, 6.07) is 0. The number of thioether (sulfide) groups is 1. The average molecular weight is 192 g/mol. The highest BCUT2D eigenvalue weighted by Crippen LogP contribution is 2.62. The first-order chi connectivity index (χ1) is 6.37. The molecular weight excluding hydrogens is 176 g/mol. The predicted octanol–water partition coefficient (Wildman–Crippen LogP) is 3.41. The van der Waals surface area contributed by atoms with E-state index in [-0.39, 0.29) is 0 Å². The molecule has 0 radical (unpaired) electrons. The van der Waals surface area contributed by atoms with Gasteiger partial charge < -0.3 is 0 Å². The fourth-order valence-corrected chi connectivity index (χ4v) is 5.22. The smallest absolute Gasteiger partial charge is 0.000120 e. The summed E-state index contributed by atoms with van der Waals surface area (Å²) in [7, 11) is 0. The molecule has 0 aromatic carbocycles. The van der Waals surface area contributed by atoms with Crippen molar-refractivity contribution in [3.63, 3.8) is 0 Å². The van der Waals surface area contributed by atoms with Crippen LogP contribution in [0.5, 0.6) is 0 Å². The summed E-state index contributed by atoms with van der Waals surface area (Å²) in [5, 5.41) is 0. The third-order valence-corrected chi connectivity index (χ3v) is 5.76. The van der Waals surface area contributed by atoms with Gasteiger partial charge in [-0.3, -0.25) is 0 Å². The summed E-state index contributed by atoms with van der Waals surface area (Å²) in [5.41, 5.74) is 1.31. The molecule has 0 spiro atoms. The van der Waals surface area contributed by atoms with Gasteiger partial charge in [-0.15, -0.1) is 0 Å². The highest BCUT2D eigenvalue weighted by atomic mass is 32.2. The van der Waals surface area contributed by atoms with E-state index >= 15 is 0 Å². The van der Waals surface area contributed by atoms with E-state index in [0.29, 0.717) is 10.8 Å². The summed E-state index contributed by atoms with van der Waals surface area (Å²) in [5.74, 6) is 2.81. The third-order valence-electron chi connectivity index (χ3n) is 4.25. The molecule has 1 heteroatoms.